The first-order valence-corrected chi connectivity index (χ1v) is 10.1. The Morgan fingerprint density at radius 3 is 2.56 bits per heavy atom. The lowest BCUT2D eigenvalue weighted by molar-refractivity contribution is -0.133. The fraction of sp³-hybridized carbons (Fsp3) is 0.773. The molecule has 140 valence electrons. The van der Waals surface area contributed by atoms with E-state index in [0.717, 1.165) is 36.5 Å². The second-order valence-corrected chi connectivity index (χ2v) is 9.19. The predicted molar refractivity (Wildman–Crippen MR) is 102 cm³/mol. The molecule has 0 aliphatic heterocycles. The lowest BCUT2D eigenvalue weighted by Gasteiger charge is -2.57. The van der Waals surface area contributed by atoms with Crippen LogP contribution in [0.5, 0.6) is 0 Å². The molecule has 4 rings (SSSR count). The average molecular weight is 346 g/mol. The van der Waals surface area contributed by atoms with Crippen LogP contribution >= 0.6 is 0 Å². The number of carbonyl (C=O) groups is 1. The zero-order chi connectivity index (χ0) is 18.4. The number of hydrogen-bond donors (Lipinski definition) is 2. The molecule has 3 unspecified atom stereocenters. The zero-order valence-corrected chi connectivity index (χ0v) is 16.3. The summed E-state index contributed by atoms with van der Waals surface area (Å²) in [4.78, 5) is 11.3. The molecule has 6 atom stereocenters. The maximum absolute atomic E-state index is 11.3. The van der Waals surface area contributed by atoms with Gasteiger partial charge in [-0.3, -0.25) is 0 Å². The summed E-state index contributed by atoms with van der Waals surface area (Å²) in [5.41, 5.74) is 7.22. The number of carboxylic acids is 1. The van der Waals surface area contributed by atoms with Gasteiger partial charge in [0.15, 0.2) is 0 Å². The molecular formula is C22H35NO2. The summed E-state index contributed by atoms with van der Waals surface area (Å²) in [6, 6.07) is 0. The number of nitrogens with two attached hydrogens (primary N) is 1. The Morgan fingerprint density at radius 2 is 1.88 bits per heavy atom. The molecule has 0 bridgehead atoms. The Morgan fingerprint density at radius 1 is 1.16 bits per heavy atom. The van der Waals surface area contributed by atoms with E-state index >= 15 is 0 Å². The van der Waals surface area contributed by atoms with Crippen LogP contribution in [0.15, 0.2) is 23.3 Å². The van der Waals surface area contributed by atoms with E-state index in [-0.39, 0.29) is 5.41 Å². The van der Waals surface area contributed by atoms with Crippen LogP contribution < -0.4 is 5.73 Å². The molecule has 0 spiro atoms. The number of carboxylic acid groups (broad SMARTS) is 1. The van der Waals surface area contributed by atoms with Crippen molar-refractivity contribution in [3.05, 3.63) is 23.3 Å². The van der Waals surface area contributed by atoms with Gasteiger partial charge in [-0.15, -0.1) is 0 Å². The monoisotopic (exact) mass is 345 g/mol. The molecule has 3 N–H and O–H groups in total. The number of allylic oxidation sites excluding steroid dienone is 3. The van der Waals surface area contributed by atoms with Gasteiger partial charge in [0, 0.05) is 5.57 Å². The summed E-state index contributed by atoms with van der Waals surface area (Å²) in [6.07, 6.45) is 12.9. The molecule has 0 aromatic rings. The molecule has 2 saturated carbocycles. The van der Waals surface area contributed by atoms with E-state index in [4.69, 9.17) is 0 Å². The van der Waals surface area contributed by atoms with Gasteiger partial charge < -0.3 is 10.8 Å². The highest BCUT2D eigenvalue weighted by atomic mass is 16.4. The number of hydrogen-bond acceptors (Lipinski definition) is 2. The Labute approximate surface area is 152 Å². The largest absolute Gasteiger partial charge is 0.478 e. The number of fused-ring (bicyclic) bond motifs is 5. The van der Waals surface area contributed by atoms with Gasteiger partial charge in [-0.05, 0) is 98.1 Å². The predicted octanol–water partition coefficient (Wildman–Crippen LogP) is 4.78. The maximum Gasteiger partial charge on any atom is 0.331 e. The molecule has 0 aromatic carbocycles. The topological polar surface area (TPSA) is 63.3 Å². The van der Waals surface area contributed by atoms with E-state index in [1.807, 2.05) is 6.08 Å². The highest BCUT2D eigenvalue weighted by Gasteiger charge is 2.57. The second kappa shape index (κ2) is 6.57. The van der Waals surface area contributed by atoms with Crippen molar-refractivity contribution < 1.29 is 9.90 Å². The Bertz CT molecular complexity index is 607. The summed E-state index contributed by atoms with van der Waals surface area (Å²) in [7, 11) is 1.50. The highest BCUT2D eigenvalue weighted by Crippen LogP contribution is 2.65. The molecule has 3 nitrogen and oxygen atoms in total. The van der Waals surface area contributed by atoms with E-state index in [1.54, 1.807) is 0 Å². The maximum atomic E-state index is 11.3. The van der Waals surface area contributed by atoms with Gasteiger partial charge in [0.05, 0.1) is 0 Å². The van der Waals surface area contributed by atoms with Crippen molar-refractivity contribution in [2.24, 2.45) is 40.2 Å². The quantitative estimate of drug-likeness (QED) is 0.719. The Hall–Kier alpha value is -1.09. The Balaban J connectivity index is 0.000000880. The number of rotatable bonds is 1. The third-order valence-corrected chi connectivity index (χ3v) is 8.52. The van der Waals surface area contributed by atoms with Crippen LogP contribution in [0, 0.1) is 34.5 Å². The van der Waals surface area contributed by atoms with Crippen LogP contribution in [0.25, 0.3) is 0 Å². The van der Waals surface area contributed by atoms with Gasteiger partial charge in [-0.25, -0.2) is 4.79 Å². The van der Waals surface area contributed by atoms with Crippen LogP contribution in [-0.2, 0) is 4.79 Å². The van der Waals surface area contributed by atoms with Crippen LogP contribution in [0.1, 0.15) is 65.7 Å². The molecule has 25 heavy (non-hydrogen) atoms. The van der Waals surface area contributed by atoms with E-state index < -0.39 is 5.97 Å². The lowest BCUT2D eigenvalue weighted by atomic mass is 9.48. The summed E-state index contributed by atoms with van der Waals surface area (Å²) >= 11 is 0. The minimum absolute atomic E-state index is 0.217. The molecule has 4 aliphatic rings. The van der Waals surface area contributed by atoms with Crippen LogP contribution in [-0.4, -0.2) is 18.1 Å². The summed E-state index contributed by atoms with van der Waals surface area (Å²) in [5.74, 6) is 2.62. The standard InChI is InChI=1S/C21H30O2.CH5N/c1-13-4-7-17-16-6-5-15-12-14(19(22)23)8-10-21(15,3)18(16)9-11-20(13,17)2;1-2/h5,12-13,16-18H,4,6-11H2,1-3H3,(H,22,23);2H2,1H3/t13-,16?,17?,18?,20+,21-;/m0./s1. The van der Waals surface area contributed by atoms with Crippen molar-refractivity contribution in [1.29, 1.82) is 0 Å². The average Bonchev–Trinajstić information content (AvgIpc) is 2.91. The second-order valence-electron chi connectivity index (χ2n) is 9.19. The van der Waals surface area contributed by atoms with Gasteiger partial charge in [-0.1, -0.05) is 26.8 Å². The fourth-order valence-electron chi connectivity index (χ4n) is 6.76. The summed E-state index contributed by atoms with van der Waals surface area (Å²) in [6.45, 7) is 7.44. The van der Waals surface area contributed by atoms with Crippen LogP contribution in [0.2, 0.25) is 0 Å². The van der Waals surface area contributed by atoms with Crippen molar-refractivity contribution in [3.8, 4) is 0 Å². The SMILES string of the molecule is CN.C[C@H]1CCC2C3CC=C4C=C(C(=O)O)CC[C@]4(C)C3CC[C@@]21C. The molecule has 2 fully saturated rings. The number of aliphatic carboxylic acids is 1. The van der Waals surface area contributed by atoms with Gasteiger partial charge in [0.2, 0.25) is 0 Å². The lowest BCUT2D eigenvalue weighted by Crippen LogP contribution is -2.49. The normalized spacial score (nSPS) is 45.0. The smallest absolute Gasteiger partial charge is 0.331 e. The van der Waals surface area contributed by atoms with Crippen LogP contribution in [0.4, 0.5) is 0 Å². The molecule has 3 heteroatoms. The minimum atomic E-state index is -0.726. The van der Waals surface area contributed by atoms with Gasteiger partial charge in [-0.2, -0.15) is 0 Å². The third-order valence-electron chi connectivity index (χ3n) is 8.52. The van der Waals surface area contributed by atoms with Gasteiger partial charge in [0.25, 0.3) is 0 Å². The van der Waals surface area contributed by atoms with Crippen molar-refractivity contribution >= 4 is 5.97 Å². The molecule has 0 radical (unpaired) electrons. The molecule has 0 amide bonds. The summed E-state index contributed by atoms with van der Waals surface area (Å²) in [5, 5.41) is 9.34. The van der Waals surface area contributed by atoms with E-state index in [9.17, 15) is 9.90 Å². The van der Waals surface area contributed by atoms with Crippen molar-refractivity contribution in [2.75, 3.05) is 7.05 Å². The molecule has 0 aromatic heterocycles. The molecule has 0 heterocycles. The zero-order valence-electron chi connectivity index (χ0n) is 16.3. The first kappa shape index (κ1) is 18.7. The van der Waals surface area contributed by atoms with Gasteiger partial charge >= 0.3 is 5.97 Å². The van der Waals surface area contributed by atoms with Crippen LogP contribution in [0.3, 0.4) is 0 Å². The first-order valence-electron chi connectivity index (χ1n) is 10.1. The van der Waals surface area contributed by atoms with E-state index in [1.165, 1.54) is 44.7 Å². The Kier molecular flexibility index (Phi) is 4.91. The molecule has 0 saturated heterocycles. The first-order chi connectivity index (χ1) is 11.9. The van der Waals surface area contributed by atoms with Crippen molar-refractivity contribution in [1.82, 2.24) is 0 Å². The van der Waals surface area contributed by atoms with E-state index in [2.05, 4.69) is 32.6 Å². The minimum Gasteiger partial charge on any atom is -0.478 e. The molecule has 4 aliphatic carbocycles. The van der Waals surface area contributed by atoms with E-state index in [0.29, 0.717) is 11.0 Å². The fourth-order valence-corrected chi connectivity index (χ4v) is 6.76. The van der Waals surface area contributed by atoms with Crippen molar-refractivity contribution in [3.63, 3.8) is 0 Å². The molecular weight excluding hydrogens is 310 g/mol. The van der Waals surface area contributed by atoms with Crippen molar-refractivity contribution in [2.45, 2.75) is 65.7 Å². The van der Waals surface area contributed by atoms with Gasteiger partial charge in [0.1, 0.15) is 0 Å². The summed E-state index contributed by atoms with van der Waals surface area (Å²) < 4.78 is 0. The highest BCUT2D eigenvalue weighted by molar-refractivity contribution is 5.87. The third kappa shape index (κ3) is 2.70.